The summed E-state index contributed by atoms with van der Waals surface area (Å²) in [6.07, 6.45) is 2.74. The Morgan fingerprint density at radius 2 is 1.84 bits per heavy atom. The number of hydrogen-bond donors (Lipinski definition) is 2. The van der Waals surface area contributed by atoms with Crippen molar-refractivity contribution in [3.8, 4) is 0 Å². The van der Waals surface area contributed by atoms with Gasteiger partial charge in [-0.25, -0.2) is 12.8 Å². The third-order valence-corrected chi connectivity index (χ3v) is 8.66. The number of nitrogens with one attached hydrogen (secondary N) is 2. The second-order valence-corrected chi connectivity index (χ2v) is 13.3. The standard InChI is InChI=1S/C24H25FN4O6S2/c1-24(12-14-3-5-15(25)6-4-14)13-29(17-8-9-17)23(31)20(21(24)30)22-26-18-10-7-16(27-36(2,32)33)11-19(18)37(34,35)28-22/h3-7,10-11,17,20,27H,8-9,12-13H2,1-2H3,(H,26,28). The highest BCUT2D eigenvalue weighted by Crippen LogP contribution is 2.41. The van der Waals surface area contributed by atoms with Gasteiger partial charge in [0, 0.05) is 23.7 Å². The molecule has 2 N–H and O–H groups in total. The Kier molecular flexibility index (Phi) is 5.90. The first kappa shape index (κ1) is 25.3. The molecule has 2 unspecified atom stereocenters. The van der Waals surface area contributed by atoms with E-state index in [-0.39, 0.29) is 41.1 Å². The van der Waals surface area contributed by atoms with E-state index in [1.165, 1.54) is 24.3 Å². The number of amidine groups is 1. The predicted molar refractivity (Wildman–Crippen MR) is 135 cm³/mol. The molecule has 2 heterocycles. The van der Waals surface area contributed by atoms with Crippen molar-refractivity contribution in [3.05, 3.63) is 53.8 Å². The first-order valence-corrected chi connectivity index (χ1v) is 14.9. The maximum Gasteiger partial charge on any atom is 0.286 e. The summed E-state index contributed by atoms with van der Waals surface area (Å²) in [7, 11) is -8.01. The van der Waals surface area contributed by atoms with Crippen molar-refractivity contribution < 1.29 is 30.8 Å². The number of halogens is 1. The normalized spacial score (nSPS) is 25.2. The minimum absolute atomic E-state index is 0.0295. The van der Waals surface area contributed by atoms with Gasteiger partial charge in [0.2, 0.25) is 15.9 Å². The van der Waals surface area contributed by atoms with Gasteiger partial charge in [-0.1, -0.05) is 19.1 Å². The first-order valence-electron chi connectivity index (χ1n) is 11.6. The lowest BCUT2D eigenvalue weighted by Crippen LogP contribution is -2.60. The summed E-state index contributed by atoms with van der Waals surface area (Å²) in [6.45, 7) is 1.89. The van der Waals surface area contributed by atoms with Crippen LogP contribution in [0.5, 0.6) is 0 Å². The lowest BCUT2D eigenvalue weighted by atomic mass is 9.71. The number of fused-ring (bicyclic) bond motifs is 1. The van der Waals surface area contributed by atoms with Crippen LogP contribution in [0.2, 0.25) is 0 Å². The summed E-state index contributed by atoms with van der Waals surface area (Å²) < 4.78 is 68.7. The quantitative estimate of drug-likeness (QED) is 0.527. The molecule has 2 aromatic rings. The molecule has 196 valence electrons. The zero-order valence-electron chi connectivity index (χ0n) is 20.1. The van der Waals surface area contributed by atoms with Gasteiger partial charge in [-0.15, -0.1) is 4.40 Å². The molecule has 5 rings (SSSR count). The molecule has 37 heavy (non-hydrogen) atoms. The van der Waals surface area contributed by atoms with E-state index >= 15 is 0 Å². The Morgan fingerprint density at radius 3 is 2.46 bits per heavy atom. The van der Waals surface area contributed by atoms with Crippen molar-refractivity contribution in [2.24, 2.45) is 15.7 Å². The molecule has 1 amide bonds. The van der Waals surface area contributed by atoms with Gasteiger partial charge in [0.05, 0.1) is 11.9 Å². The molecule has 2 atom stereocenters. The zero-order chi connectivity index (χ0) is 26.8. The maximum atomic E-state index is 13.8. The van der Waals surface area contributed by atoms with E-state index in [0.717, 1.165) is 25.2 Å². The van der Waals surface area contributed by atoms with Crippen molar-refractivity contribution in [2.45, 2.75) is 37.1 Å². The van der Waals surface area contributed by atoms with Crippen molar-refractivity contribution >= 4 is 48.9 Å². The number of rotatable bonds is 6. The molecule has 2 aromatic carbocycles. The number of sulfonamides is 2. The molecule has 2 aliphatic heterocycles. The second-order valence-electron chi connectivity index (χ2n) is 10.0. The summed E-state index contributed by atoms with van der Waals surface area (Å²) in [6, 6.07) is 9.58. The van der Waals surface area contributed by atoms with Crippen LogP contribution in [0.4, 0.5) is 15.8 Å². The van der Waals surface area contributed by atoms with Crippen LogP contribution in [0.1, 0.15) is 25.3 Å². The van der Waals surface area contributed by atoms with Crippen LogP contribution in [0, 0.1) is 17.2 Å². The fourth-order valence-corrected chi connectivity index (χ4v) is 6.61. The van der Waals surface area contributed by atoms with Crippen LogP contribution < -0.4 is 10.0 Å². The predicted octanol–water partition coefficient (Wildman–Crippen LogP) is 2.15. The zero-order valence-corrected chi connectivity index (χ0v) is 21.7. The molecule has 0 bridgehead atoms. The number of piperidine rings is 1. The van der Waals surface area contributed by atoms with Gasteiger partial charge >= 0.3 is 0 Å². The molecule has 1 aliphatic carbocycles. The number of carbonyl (C=O) groups is 2. The van der Waals surface area contributed by atoms with Crippen molar-refractivity contribution in [1.82, 2.24) is 4.90 Å². The van der Waals surface area contributed by atoms with Crippen LogP contribution in [0.15, 0.2) is 51.8 Å². The van der Waals surface area contributed by atoms with E-state index in [0.29, 0.717) is 5.56 Å². The summed E-state index contributed by atoms with van der Waals surface area (Å²) in [4.78, 5) is 28.7. The number of nitrogens with zero attached hydrogens (tertiary/aromatic N) is 2. The molecule has 1 saturated carbocycles. The van der Waals surface area contributed by atoms with E-state index in [1.807, 2.05) is 0 Å². The monoisotopic (exact) mass is 548 g/mol. The van der Waals surface area contributed by atoms with Gasteiger partial charge in [0.25, 0.3) is 10.0 Å². The molecule has 0 aromatic heterocycles. The van der Waals surface area contributed by atoms with Gasteiger partial charge < -0.3 is 10.2 Å². The SMILES string of the molecule is CC1(Cc2ccc(F)cc2)CN(C2CC2)C(=O)C(C2=NS(=O)(=O)c3cc(NS(C)(=O)=O)ccc3N2)C1=O. The van der Waals surface area contributed by atoms with Crippen molar-refractivity contribution in [2.75, 3.05) is 22.8 Å². The largest absolute Gasteiger partial charge is 0.341 e. The molecule has 3 aliphatic rings. The fraction of sp³-hybridized carbons (Fsp3) is 0.375. The summed E-state index contributed by atoms with van der Waals surface area (Å²) in [5.74, 6) is -3.14. The average molecular weight is 549 g/mol. The Hall–Kier alpha value is -3.32. The maximum absolute atomic E-state index is 13.8. The van der Waals surface area contributed by atoms with Crippen LogP contribution in [-0.2, 0) is 36.1 Å². The van der Waals surface area contributed by atoms with Crippen molar-refractivity contribution in [1.29, 1.82) is 0 Å². The number of benzene rings is 2. The van der Waals surface area contributed by atoms with E-state index in [2.05, 4.69) is 14.4 Å². The van der Waals surface area contributed by atoms with Crippen LogP contribution in [0.3, 0.4) is 0 Å². The van der Waals surface area contributed by atoms with Gasteiger partial charge in [0.1, 0.15) is 16.5 Å². The minimum atomic E-state index is -4.36. The Labute approximate surface area is 214 Å². The molecular formula is C24H25FN4O6S2. The Balaban J connectivity index is 1.52. The topological polar surface area (TPSA) is 142 Å². The van der Waals surface area contributed by atoms with Gasteiger partial charge in [-0.05, 0) is 55.2 Å². The summed E-state index contributed by atoms with van der Waals surface area (Å²) >= 11 is 0. The highest BCUT2D eigenvalue weighted by atomic mass is 32.2. The lowest BCUT2D eigenvalue weighted by Gasteiger charge is -2.43. The molecule has 10 nitrogen and oxygen atoms in total. The number of amides is 1. The second kappa shape index (κ2) is 8.62. The number of hydrogen-bond acceptors (Lipinski definition) is 7. The minimum Gasteiger partial charge on any atom is -0.341 e. The number of carbonyl (C=O) groups excluding carboxylic acids is 2. The lowest BCUT2D eigenvalue weighted by molar-refractivity contribution is -0.151. The number of ketones is 1. The smallest absolute Gasteiger partial charge is 0.286 e. The van der Waals surface area contributed by atoms with E-state index in [4.69, 9.17) is 0 Å². The van der Waals surface area contributed by atoms with Crippen LogP contribution in [0.25, 0.3) is 0 Å². The molecule has 0 radical (unpaired) electrons. The molecule has 13 heteroatoms. The van der Waals surface area contributed by atoms with Gasteiger partial charge in [0.15, 0.2) is 11.7 Å². The first-order chi connectivity index (χ1) is 17.3. The molecule has 0 spiro atoms. The fourth-order valence-electron chi connectivity index (χ4n) is 4.87. The molecular weight excluding hydrogens is 523 g/mol. The van der Waals surface area contributed by atoms with Crippen LogP contribution in [-0.4, -0.2) is 58.1 Å². The molecule has 2 fully saturated rings. The van der Waals surface area contributed by atoms with E-state index in [9.17, 15) is 30.8 Å². The van der Waals surface area contributed by atoms with Gasteiger partial charge in [-0.2, -0.15) is 8.42 Å². The Morgan fingerprint density at radius 1 is 1.16 bits per heavy atom. The van der Waals surface area contributed by atoms with E-state index < -0.39 is 48.9 Å². The number of Topliss-reactive ketones (excluding diaryl/α,β-unsaturated/α-hetero) is 1. The molecule has 1 saturated heterocycles. The third-order valence-electron chi connectivity index (χ3n) is 6.72. The number of likely N-dealkylation sites (tertiary alicyclic amines) is 1. The summed E-state index contributed by atoms with van der Waals surface area (Å²) in [5, 5.41) is 2.84. The third kappa shape index (κ3) is 4.97. The van der Waals surface area contributed by atoms with Gasteiger partial charge in [-0.3, -0.25) is 14.3 Å². The van der Waals surface area contributed by atoms with E-state index in [1.54, 1.807) is 24.0 Å². The summed E-state index contributed by atoms with van der Waals surface area (Å²) in [5.41, 5.74) is -0.241. The highest BCUT2D eigenvalue weighted by Gasteiger charge is 2.54. The average Bonchev–Trinajstić information content (AvgIpc) is 3.63. The van der Waals surface area contributed by atoms with Crippen molar-refractivity contribution in [3.63, 3.8) is 0 Å². The Bertz CT molecular complexity index is 1550. The van der Waals surface area contributed by atoms with Crippen LogP contribution >= 0.6 is 0 Å². The number of anilines is 2. The highest BCUT2D eigenvalue weighted by molar-refractivity contribution is 7.92.